The van der Waals surface area contributed by atoms with Gasteiger partial charge in [-0.05, 0) is 73.8 Å². The molecule has 0 atom stereocenters. The molecule has 3 aliphatic heterocycles. The number of Topliss-reactive ketones (excluding diaryl/α,β-unsaturated/α-hetero) is 1. The molecule has 0 unspecified atom stereocenters. The van der Waals surface area contributed by atoms with Gasteiger partial charge in [-0.3, -0.25) is 9.69 Å². The summed E-state index contributed by atoms with van der Waals surface area (Å²) < 4.78 is 10.9. The fourth-order valence-corrected chi connectivity index (χ4v) is 4.92. The summed E-state index contributed by atoms with van der Waals surface area (Å²) in [4.78, 5) is 17.7. The molecule has 3 heterocycles. The normalized spacial score (nSPS) is 18.9. The van der Waals surface area contributed by atoms with Crippen molar-refractivity contribution in [3.05, 3.63) is 58.7 Å². The van der Waals surface area contributed by atoms with Crippen LogP contribution in [0.25, 0.3) is 0 Å². The monoisotopic (exact) mass is 435 g/mol. The Morgan fingerprint density at radius 3 is 2.53 bits per heavy atom. The van der Waals surface area contributed by atoms with Gasteiger partial charge in [0.2, 0.25) is 6.79 Å². The van der Waals surface area contributed by atoms with E-state index >= 15 is 0 Å². The van der Waals surface area contributed by atoms with Gasteiger partial charge in [0.05, 0.1) is 0 Å². The predicted molar refractivity (Wildman–Crippen MR) is 125 cm³/mol. The third kappa shape index (κ3) is 5.14. The number of piperazine rings is 1. The summed E-state index contributed by atoms with van der Waals surface area (Å²) in [6.45, 7) is 8.53. The second-order valence-corrected chi connectivity index (χ2v) is 9.07. The summed E-state index contributed by atoms with van der Waals surface area (Å²) in [5.41, 5.74) is 4.90. The molecule has 0 aromatic heterocycles. The van der Waals surface area contributed by atoms with Crippen LogP contribution in [0.15, 0.2) is 36.4 Å². The Hall–Kier alpha value is -2.41. The molecule has 0 aliphatic carbocycles. The molecule has 2 aromatic rings. The van der Waals surface area contributed by atoms with E-state index in [1.807, 2.05) is 12.1 Å². The van der Waals surface area contributed by atoms with Gasteiger partial charge in [-0.2, -0.15) is 0 Å². The van der Waals surface area contributed by atoms with E-state index in [1.165, 1.54) is 16.7 Å². The standard InChI is InChI=1S/C26H33N3O3/c30-24(23-5-4-21-7-9-27-10-8-22(21)17-23)2-1-11-28-12-14-29(15-13-28)18-20-3-6-25-26(16-20)32-19-31-25/h3-6,16-17,27H,1-2,7-15,18-19H2. The topological polar surface area (TPSA) is 54.0 Å². The first-order valence-electron chi connectivity index (χ1n) is 11.9. The molecule has 1 saturated heterocycles. The second kappa shape index (κ2) is 10.0. The Balaban J connectivity index is 1.04. The van der Waals surface area contributed by atoms with Gasteiger partial charge in [0, 0.05) is 44.7 Å². The van der Waals surface area contributed by atoms with Crippen molar-refractivity contribution in [2.75, 3.05) is 52.6 Å². The molecular weight excluding hydrogens is 402 g/mol. The van der Waals surface area contributed by atoms with E-state index < -0.39 is 0 Å². The highest BCUT2D eigenvalue weighted by Crippen LogP contribution is 2.32. The molecule has 0 amide bonds. The summed E-state index contributed by atoms with van der Waals surface area (Å²) in [5, 5.41) is 3.44. The molecule has 5 rings (SSSR count). The Kier molecular flexibility index (Phi) is 6.72. The Morgan fingerprint density at radius 1 is 0.875 bits per heavy atom. The molecule has 0 bridgehead atoms. The van der Waals surface area contributed by atoms with Gasteiger partial charge in [0.1, 0.15) is 0 Å². The maximum Gasteiger partial charge on any atom is 0.231 e. The molecule has 3 aliphatic rings. The minimum atomic E-state index is 0.284. The maximum absolute atomic E-state index is 12.7. The quantitative estimate of drug-likeness (QED) is 0.675. The average Bonchev–Trinajstić information content (AvgIpc) is 3.15. The number of carbonyl (C=O) groups excluding carboxylic acids is 1. The molecule has 6 heteroatoms. The zero-order valence-electron chi connectivity index (χ0n) is 18.8. The van der Waals surface area contributed by atoms with Gasteiger partial charge >= 0.3 is 0 Å². The third-order valence-electron chi connectivity index (χ3n) is 6.86. The van der Waals surface area contributed by atoms with Gasteiger partial charge in [-0.25, -0.2) is 0 Å². The van der Waals surface area contributed by atoms with E-state index in [0.29, 0.717) is 13.2 Å². The first-order chi connectivity index (χ1) is 15.7. The average molecular weight is 436 g/mol. The number of rotatable bonds is 7. The molecule has 32 heavy (non-hydrogen) atoms. The molecule has 1 fully saturated rings. The van der Waals surface area contributed by atoms with Gasteiger partial charge < -0.3 is 19.7 Å². The van der Waals surface area contributed by atoms with Gasteiger partial charge in [0.15, 0.2) is 17.3 Å². The largest absolute Gasteiger partial charge is 0.454 e. The van der Waals surface area contributed by atoms with Crippen molar-refractivity contribution in [1.29, 1.82) is 0 Å². The highest BCUT2D eigenvalue weighted by molar-refractivity contribution is 5.96. The van der Waals surface area contributed by atoms with E-state index in [1.54, 1.807) is 0 Å². The van der Waals surface area contributed by atoms with E-state index in [4.69, 9.17) is 9.47 Å². The van der Waals surface area contributed by atoms with E-state index in [2.05, 4.69) is 39.4 Å². The van der Waals surface area contributed by atoms with Crippen molar-refractivity contribution in [1.82, 2.24) is 15.1 Å². The Bertz CT molecular complexity index is 953. The van der Waals surface area contributed by atoms with Crippen LogP contribution in [0.1, 0.15) is 39.9 Å². The van der Waals surface area contributed by atoms with E-state index in [0.717, 1.165) is 88.7 Å². The number of nitrogens with one attached hydrogen (secondary N) is 1. The summed E-state index contributed by atoms with van der Waals surface area (Å²) in [5.74, 6) is 1.99. The van der Waals surface area contributed by atoms with Crippen molar-refractivity contribution >= 4 is 5.78 Å². The van der Waals surface area contributed by atoms with Gasteiger partial charge in [0.25, 0.3) is 0 Å². The van der Waals surface area contributed by atoms with Crippen LogP contribution in [0.3, 0.4) is 0 Å². The van der Waals surface area contributed by atoms with Crippen LogP contribution in [0.4, 0.5) is 0 Å². The lowest BCUT2D eigenvalue weighted by molar-refractivity contribution is 0.0959. The number of benzene rings is 2. The molecule has 0 spiro atoms. The summed E-state index contributed by atoms with van der Waals surface area (Å²) in [6, 6.07) is 12.6. The zero-order valence-corrected chi connectivity index (χ0v) is 18.8. The first-order valence-corrected chi connectivity index (χ1v) is 11.9. The Labute approximate surface area is 190 Å². The minimum Gasteiger partial charge on any atom is -0.454 e. The Morgan fingerprint density at radius 2 is 1.66 bits per heavy atom. The van der Waals surface area contributed by atoms with Crippen LogP contribution in [0.5, 0.6) is 11.5 Å². The minimum absolute atomic E-state index is 0.284. The number of hydrogen-bond acceptors (Lipinski definition) is 6. The number of ether oxygens (including phenoxy) is 2. The molecule has 170 valence electrons. The number of hydrogen-bond donors (Lipinski definition) is 1. The maximum atomic E-state index is 12.7. The fourth-order valence-electron chi connectivity index (χ4n) is 4.92. The molecule has 1 N–H and O–H groups in total. The van der Waals surface area contributed by atoms with Crippen molar-refractivity contribution in [2.24, 2.45) is 0 Å². The lowest BCUT2D eigenvalue weighted by atomic mass is 9.97. The molecular formula is C26H33N3O3. The summed E-state index contributed by atoms with van der Waals surface area (Å²) in [7, 11) is 0. The lowest BCUT2D eigenvalue weighted by Crippen LogP contribution is -2.46. The second-order valence-electron chi connectivity index (χ2n) is 9.07. The molecule has 2 aromatic carbocycles. The summed E-state index contributed by atoms with van der Waals surface area (Å²) in [6.07, 6.45) is 3.64. The number of carbonyl (C=O) groups is 1. The van der Waals surface area contributed by atoms with Crippen LogP contribution in [-0.2, 0) is 19.4 Å². The van der Waals surface area contributed by atoms with Crippen molar-refractivity contribution in [2.45, 2.75) is 32.2 Å². The van der Waals surface area contributed by atoms with Crippen molar-refractivity contribution in [3.63, 3.8) is 0 Å². The smallest absolute Gasteiger partial charge is 0.231 e. The van der Waals surface area contributed by atoms with Crippen LogP contribution in [-0.4, -0.2) is 68.2 Å². The van der Waals surface area contributed by atoms with Crippen molar-refractivity contribution in [3.8, 4) is 11.5 Å². The fraction of sp³-hybridized carbons (Fsp3) is 0.500. The number of nitrogens with zero attached hydrogens (tertiary/aromatic N) is 2. The highest BCUT2D eigenvalue weighted by Gasteiger charge is 2.19. The lowest BCUT2D eigenvalue weighted by Gasteiger charge is -2.34. The third-order valence-corrected chi connectivity index (χ3v) is 6.86. The van der Waals surface area contributed by atoms with E-state index in [9.17, 15) is 4.79 Å². The first kappa shape index (κ1) is 21.4. The van der Waals surface area contributed by atoms with Crippen LogP contribution in [0, 0.1) is 0 Å². The predicted octanol–water partition coefficient (Wildman–Crippen LogP) is 2.88. The van der Waals surface area contributed by atoms with Crippen LogP contribution >= 0.6 is 0 Å². The SMILES string of the molecule is O=C(CCCN1CCN(Cc2ccc3c(c2)OCO3)CC1)c1ccc2c(c1)CCNCC2. The highest BCUT2D eigenvalue weighted by atomic mass is 16.7. The zero-order chi connectivity index (χ0) is 21.8. The molecule has 0 radical (unpaired) electrons. The van der Waals surface area contributed by atoms with Crippen molar-refractivity contribution < 1.29 is 14.3 Å². The van der Waals surface area contributed by atoms with E-state index in [-0.39, 0.29) is 5.78 Å². The molecule has 0 saturated carbocycles. The van der Waals surface area contributed by atoms with Crippen LogP contribution < -0.4 is 14.8 Å². The van der Waals surface area contributed by atoms with Gasteiger partial charge in [-0.15, -0.1) is 0 Å². The number of ketones is 1. The van der Waals surface area contributed by atoms with Crippen LogP contribution in [0.2, 0.25) is 0 Å². The summed E-state index contributed by atoms with van der Waals surface area (Å²) >= 11 is 0. The molecule has 6 nitrogen and oxygen atoms in total. The number of fused-ring (bicyclic) bond motifs is 2. The van der Waals surface area contributed by atoms with Gasteiger partial charge in [-0.1, -0.05) is 18.2 Å².